The maximum absolute atomic E-state index is 12.8. The Kier molecular flexibility index (Phi) is 2.73. The Morgan fingerprint density at radius 2 is 1.65 bits per heavy atom. The number of fused-ring (bicyclic) bond motifs is 3. The number of carbonyl (C=O) groups is 1. The van der Waals surface area contributed by atoms with Crippen LogP contribution < -0.4 is 0 Å². The van der Waals surface area contributed by atoms with Crippen LogP contribution in [0.1, 0.15) is 47.2 Å². The van der Waals surface area contributed by atoms with E-state index >= 15 is 0 Å². The van der Waals surface area contributed by atoms with E-state index in [0.717, 1.165) is 24.8 Å². The molecule has 1 fully saturated rings. The van der Waals surface area contributed by atoms with Crippen molar-refractivity contribution in [3.05, 3.63) is 59.2 Å². The van der Waals surface area contributed by atoms with Crippen LogP contribution in [0.25, 0.3) is 11.1 Å². The van der Waals surface area contributed by atoms with E-state index in [9.17, 15) is 4.79 Å². The summed E-state index contributed by atoms with van der Waals surface area (Å²) in [5.41, 5.74) is 6.17. The second kappa shape index (κ2) is 4.59. The molecule has 0 heterocycles. The zero-order valence-corrected chi connectivity index (χ0v) is 11.6. The maximum Gasteiger partial charge on any atom is 0.166 e. The molecule has 0 unspecified atom stereocenters. The van der Waals surface area contributed by atoms with Crippen molar-refractivity contribution in [3.8, 4) is 11.1 Å². The third-order valence-electron chi connectivity index (χ3n) is 4.84. The van der Waals surface area contributed by atoms with Gasteiger partial charge in [-0.2, -0.15) is 0 Å². The summed E-state index contributed by atoms with van der Waals surface area (Å²) in [6, 6.07) is 14.8. The van der Waals surface area contributed by atoms with Crippen LogP contribution in [-0.4, -0.2) is 5.78 Å². The van der Waals surface area contributed by atoms with Gasteiger partial charge in [0, 0.05) is 11.5 Å². The van der Waals surface area contributed by atoms with Crippen molar-refractivity contribution in [3.63, 3.8) is 0 Å². The number of hydrogen-bond donors (Lipinski definition) is 0. The molecular formula is C19H18O. The fourth-order valence-corrected chi connectivity index (χ4v) is 3.80. The summed E-state index contributed by atoms with van der Waals surface area (Å²) < 4.78 is 0. The van der Waals surface area contributed by atoms with E-state index in [2.05, 4.69) is 30.3 Å². The Balaban J connectivity index is 1.79. The highest BCUT2D eigenvalue weighted by atomic mass is 16.1. The number of rotatable bonds is 2. The molecule has 0 aliphatic heterocycles. The fourth-order valence-electron chi connectivity index (χ4n) is 3.80. The van der Waals surface area contributed by atoms with Gasteiger partial charge in [-0.15, -0.1) is 0 Å². The average Bonchev–Trinajstić information content (AvgIpc) is 3.13. The standard InChI is InChI=1S/C19H18O/c20-19(13-6-1-2-7-13)17-11-5-10-16-15-9-4-3-8-14(15)12-18(16)17/h3-5,8-11,13H,1-2,6-7,12H2. The lowest BCUT2D eigenvalue weighted by atomic mass is 9.91. The minimum absolute atomic E-state index is 0.269. The third-order valence-corrected chi connectivity index (χ3v) is 4.84. The van der Waals surface area contributed by atoms with Crippen molar-refractivity contribution in [2.75, 3.05) is 0 Å². The lowest BCUT2D eigenvalue weighted by Crippen LogP contribution is -2.13. The van der Waals surface area contributed by atoms with Crippen LogP contribution in [0.4, 0.5) is 0 Å². The summed E-state index contributed by atoms with van der Waals surface area (Å²) in [6.07, 6.45) is 5.50. The monoisotopic (exact) mass is 262 g/mol. The van der Waals surface area contributed by atoms with Gasteiger partial charge in [0.2, 0.25) is 0 Å². The predicted octanol–water partition coefficient (Wildman–Crippen LogP) is 4.63. The molecule has 1 saturated carbocycles. The van der Waals surface area contributed by atoms with E-state index in [4.69, 9.17) is 0 Å². The topological polar surface area (TPSA) is 17.1 Å². The molecule has 0 N–H and O–H groups in total. The van der Waals surface area contributed by atoms with Crippen molar-refractivity contribution in [1.29, 1.82) is 0 Å². The van der Waals surface area contributed by atoms with E-state index < -0.39 is 0 Å². The minimum Gasteiger partial charge on any atom is -0.294 e. The van der Waals surface area contributed by atoms with E-state index in [0.29, 0.717) is 5.78 Å². The smallest absolute Gasteiger partial charge is 0.166 e. The molecule has 0 amide bonds. The highest BCUT2D eigenvalue weighted by molar-refractivity contribution is 6.02. The normalized spacial score (nSPS) is 17.0. The van der Waals surface area contributed by atoms with E-state index in [-0.39, 0.29) is 5.92 Å². The fraction of sp³-hybridized carbons (Fsp3) is 0.316. The molecule has 2 aliphatic rings. The summed E-state index contributed by atoms with van der Waals surface area (Å²) in [7, 11) is 0. The first-order chi connectivity index (χ1) is 9.84. The molecule has 1 nitrogen and oxygen atoms in total. The summed E-state index contributed by atoms with van der Waals surface area (Å²) in [5.74, 6) is 0.650. The first kappa shape index (κ1) is 11.9. The molecule has 2 aromatic rings. The summed E-state index contributed by atoms with van der Waals surface area (Å²) in [5, 5.41) is 0. The Bertz CT molecular complexity index is 678. The van der Waals surface area contributed by atoms with Crippen LogP contribution in [0.15, 0.2) is 42.5 Å². The van der Waals surface area contributed by atoms with E-state index in [1.165, 1.54) is 35.1 Å². The molecule has 0 saturated heterocycles. The van der Waals surface area contributed by atoms with Crippen molar-refractivity contribution in [2.24, 2.45) is 5.92 Å². The predicted molar refractivity (Wildman–Crippen MR) is 81.0 cm³/mol. The van der Waals surface area contributed by atoms with Crippen LogP contribution in [-0.2, 0) is 6.42 Å². The van der Waals surface area contributed by atoms with Gasteiger partial charge in [0.1, 0.15) is 0 Å². The lowest BCUT2D eigenvalue weighted by molar-refractivity contribution is 0.0922. The molecular weight excluding hydrogens is 244 g/mol. The van der Waals surface area contributed by atoms with Crippen LogP contribution in [0, 0.1) is 5.92 Å². The number of carbonyl (C=O) groups excluding carboxylic acids is 1. The van der Waals surface area contributed by atoms with Crippen molar-refractivity contribution in [1.82, 2.24) is 0 Å². The first-order valence-corrected chi connectivity index (χ1v) is 7.59. The maximum atomic E-state index is 12.8. The molecule has 4 rings (SSSR count). The molecule has 0 atom stereocenters. The first-order valence-electron chi connectivity index (χ1n) is 7.59. The molecule has 100 valence electrons. The Morgan fingerprint density at radius 1 is 0.900 bits per heavy atom. The zero-order valence-electron chi connectivity index (χ0n) is 11.6. The van der Waals surface area contributed by atoms with Gasteiger partial charge >= 0.3 is 0 Å². The summed E-state index contributed by atoms with van der Waals surface area (Å²) >= 11 is 0. The number of Topliss-reactive ketones (excluding diaryl/α,β-unsaturated/α-hetero) is 1. The highest BCUT2D eigenvalue weighted by Crippen LogP contribution is 2.39. The van der Waals surface area contributed by atoms with Crippen LogP contribution in [0.2, 0.25) is 0 Å². The quantitative estimate of drug-likeness (QED) is 0.615. The number of hydrogen-bond acceptors (Lipinski definition) is 1. The second-order valence-electron chi connectivity index (χ2n) is 6.01. The molecule has 2 aliphatic carbocycles. The van der Waals surface area contributed by atoms with Gasteiger partial charge in [-0.25, -0.2) is 0 Å². The Labute approximate surface area is 119 Å². The van der Waals surface area contributed by atoms with Crippen LogP contribution in [0.3, 0.4) is 0 Å². The van der Waals surface area contributed by atoms with E-state index in [1.807, 2.05) is 12.1 Å². The molecule has 0 spiro atoms. The largest absolute Gasteiger partial charge is 0.294 e. The third kappa shape index (κ3) is 1.73. The van der Waals surface area contributed by atoms with Gasteiger partial charge in [-0.1, -0.05) is 55.3 Å². The molecule has 1 heteroatoms. The molecule has 20 heavy (non-hydrogen) atoms. The van der Waals surface area contributed by atoms with Gasteiger partial charge in [-0.05, 0) is 41.5 Å². The molecule has 0 bridgehead atoms. The van der Waals surface area contributed by atoms with E-state index in [1.54, 1.807) is 0 Å². The molecule has 2 aromatic carbocycles. The van der Waals surface area contributed by atoms with Crippen LogP contribution >= 0.6 is 0 Å². The summed E-state index contributed by atoms with van der Waals surface area (Å²) in [6.45, 7) is 0. The van der Waals surface area contributed by atoms with Crippen molar-refractivity contribution in [2.45, 2.75) is 32.1 Å². The van der Waals surface area contributed by atoms with Gasteiger partial charge < -0.3 is 0 Å². The Morgan fingerprint density at radius 3 is 2.50 bits per heavy atom. The van der Waals surface area contributed by atoms with Crippen molar-refractivity contribution < 1.29 is 4.79 Å². The average molecular weight is 262 g/mol. The number of ketones is 1. The van der Waals surface area contributed by atoms with Gasteiger partial charge in [0.15, 0.2) is 5.78 Å². The SMILES string of the molecule is O=C(c1cccc2c1Cc1ccccc1-2)C1CCCC1. The second-order valence-corrected chi connectivity index (χ2v) is 6.01. The molecule has 0 aromatic heterocycles. The number of benzene rings is 2. The molecule has 0 radical (unpaired) electrons. The highest BCUT2D eigenvalue weighted by Gasteiger charge is 2.28. The van der Waals surface area contributed by atoms with Crippen LogP contribution in [0.5, 0.6) is 0 Å². The van der Waals surface area contributed by atoms with Gasteiger partial charge in [-0.3, -0.25) is 4.79 Å². The van der Waals surface area contributed by atoms with Gasteiger partial charge in [0.25, 0.3) is 0 Å². The summed E-state index contributed by atoms with van der Waals surface area (Å²) in [4.78, 5) is 12.8. The lowest BCUT2D eigenvalue weighted by Gasteiger charge is -2.12. The zero-order chi connectivity index (χ0) is 13.5. The van der Waals surface area contributed by atoms with Gasteiger partial charge in [0.05, 0.1) is 0 Å². The minimum atomic E-state index is 0.269. The Hall–Kier alpha value is -1.89. The van der Waals surface area contributed by atoms with Crippen molar-refractivity contribution >= 4 is 5.78 Å².